The molecule has 0 fully saturated rings. The molecule has 0 spiro atoms. The number of carbonyl (C=O) groups excluding carboxylic acids is 1. The van der Waals surface area contributed by atoms with Gasteiger partial charge < -0.3 is 9.84 Å². The number of aliphatic hydroxyl groups excluding tert-OH is 1. The zero-order valence-corrected chi connectivity index (χ0v) is 7.88. The first-order valence-corrected chi connectivity index (χ1v) is 4.14. The van der Waals surface area contributed by atoms with E-state index < -0.39 is 0 Å². The van der Waals surface area contributed by atoms with Gasteiger partial charge in [-0.15, -0.1) is 0 Å². The van der Waals surface area contributed by atoms with E-state index in [4.69, 9.17) is 5.11 Å². The fourth-order valence-electron chi connectivity index (χ4n) is 0.473. The van der Waals surface area contributed by atoms with Crippen molar-refractivity contribution in [3.05, 3.63) is 12.8 Å². The summed E-state index contributed by atoms with van der Waals surface area (Å²) in [6.45, 7) is 7.23. The second-order valence-corrected chi connectivity index (χ2v) is 2.08. The van der Waals surface area contributed by atoms with Crippen LogP contribution in [0.25, 0.3) is 0 Å². The average Bonchev–Trinajstić information content (AvgIpc) is 2.03. The molecule has 0 radical (unpaired) electrons. The predicted molar refractivity (Wildman–Crippen MR) is 48.6 cm³/mol. The van der Waals surface area contributed by atoms with Crippen LogP contribution in [0.2, 0.25) is 0 Å². The molecule has 0 bridgehead atoms. The van der Waals surface area contributed by atoms with E-state index in [1.807, 2.05) is 6.92 Å². The van der Waals surface area contributed by atoms with Gasteiger partial charge in [-0.05, 0) is 13.3 Å². The number of ether oxygens (including phenoxy) is 1. The molecule has 0 aliphatic rings. The van der Waals surface area contributed by atoms with Gasteiger partial charge >= 0.3 is 5.97 Å². The third-order valence-corrected chi connectivity index (χ3v) is 0.949. The van der Waals surface area contributed by atoms with E-state index in [0.29, 0.717) is 6.42 Å². The third-order valence-electron chi connectivity index (χ3n) is 0.949. The molecule has 0 aliphatic heterocycles. The lowest BCUT2D eigenvalue weighted by Crippen LogP contribution is -1.97. The van der Waals surface area contributed by atoms with Crippen LogP contribution in [-0.4, -0.2) is 17.7 Å². The van der Waals surface area contributed by atoms with Crippen LogP contribution >= 0.6 is 0 Å². The molecule has 1 N–H and O–H groups in total. The quantitative estimate of drug-likeness (QED) is 0.522. The Hall–Kier alpha value is -0.830. The SMILES string of the molecule is C=COC(=O)CCCC.CCO. The number of aliphatic hydroxyl groups is 1. The summed E-state index contributed by atoms with van der Waals surface area (Å²) < 4.78 is 4.47. The van der Waals surface area contributed by atoms with Crippen LogP contribution in [0.5, 0.6) is 0 Å². The van der Waals surface area contributed by atoms with Crippen molar-refractivity contribution in [1.82, 2.24) is 0 Å². The molecular formula is C9H18O3. The maximum absolute atomic E-state index is 10.5. The van der Waals surface area contributed by atoms with Crippen molar-refractivity contribution in [2.75, 3.05) is 6.61 Å². The first kappa shape index (κ1) is 13.7. The lowest BCUT2D eigenvalue weighted by Gasteiger charge is -1.94. The van der Waals surface area contributed by atoms with Gasteiger partial charge in [-0.25, -0.2) is 0 Å². The summed E-state index contributed by atoms with van der Waals surface area (Å²) in [7, 11) is 0. The Morgan fingerprint density at radius 3 is 2.42 bits per heavy atom. The van der Waals surface area contributed by atoms with E-state index in [-0.39, 0.29) is 12.6 Å². The summed E-state index contributed by atoms with van der Waals surface area (Å²) in [5, 5.41) is 7.57. The molecule has 3 nitrogen and oxygen atoms in total. The molecule has 0 saturated carbocycles. The van der Waals surface area contributed by atoms with Gasteiger partial charge in [0, 0.05) is 13.0 Å². The zero-order valence-electron chi connectivity index (χ0n) is 7.88. The highest BCUT2D eigenvalue weighted by Gasteiger charge is 1.96. The van der Waals surface area contributed by atoms with E-state index in [9.17, 15) is 4.79 Å². The molecule has 0 aromatic heterocycles. The summed E-state index contributed by atoms with van der Waals surface area (Å²) in [6, 6.07) is 0. The Morgan fingerprint density at radius 2 is 2.08 bits per heavy atom. The van der Waals surface area contributed by atoms with E-state index in [0.717, 1.165) is 19.1 Å². The molecule has 0 aromatic carbocycles. The van der Waals surface area contributed by atoms with Crippen LogP contribution in [0.3, 0.4) is 0 Å². The van der Waals surface area contributed by atoms with Crippen molar-refractivity contribution in [1.29, 1.82) is 0 Å². The largest absolute Gasteiger partial charge is 0.435 e. The van der Waals surface area contributed by atoms with Gasteiger partial charge in [0.15, 0.2) is 0 Å². The monoisotopic (exact) mass is 174 g/mol. The van der Waals surface area contributed by atoms with Gasteiger partial charge in [0.1, 0.15) is 0 Å². The highest BCUT2D eigenvalue weighted by Crippen LogP contribution is 1.95. The highest BCUT2D eigenvalue weighted by atomic mass is 16.5. The minimum Gasteiger partial charge on any atom is -0.435 e. The van der Waals surface area contributed by atoms with E-state index >= 15 is 0 Å². The summed E-state index contributed by atoms with van der Waals surface area (Å²) >= 11 is 0. The maximum Gasteiger partial charge on any atom is 0.310 e. The topological polar surface area (TPSA) is 46.5 Å². The van der Waals surface area contributed by atoms with Crippen molar-refractivity contribution in [3.8, 4) is 0 Å². The van der Waals surface area contributed by atoms with Crippen molar-refractivity contribution in [2.45, 2.75) is 33.1 Å². The Labute approximate surface area is 74.0 Å². The highest BCUT2D eigenvalue weighted by molar-refractivity contribution is 5.69. The number of carbonyl (C=O) groups is 1. The van der Waals surface area contributed by atoms with Crippen LogP contribution in [0.1, 0.15) is 33.1 Å². The number of rotatable bonds is 4. The molecule has 72 valence electrons. The molecule has 0 atom stereocenters. The van der Waals surface area contributed by atoms with E-state index in [1.165, 1.54) is 0 Å². The number of hydrogen-bond donors (Lipinski definition) is 1. The van der Waals surface area contributed by atoms with Gasteiger partial charge in [-0.2, -0.15) is 0 Å². The molecule has 0 heterocycles. The molecule has 0 unspecified atom stereocenters. The van der Waals surface area contributed by atoms with E-state index in [1.54, 1.807) is 6.92 Å². The minimum absolute atomic E-state index is 0.188. The van der Waals surface area contributed by atoms with Crippen molar-refractivity contribution in [2.24, 2.45) is 0 Å². The van der Waals surface area contributed by atoms with Gasteiger partial charge in [-0.1, -0.05) is 19.9 Å². The van der Waals surface area contributed by atoms with Crippen LogP contribution in [0, 0.1) is 0 Å². The lowest BCUT2D eigenvalue weighted by molar-refractivity contribution is -0.138. The van der Waals surface area contributed by atoms with Crippen LogP contribution < -0.4 is 0 Å². The lowest BCUT2D eigenvalue weighted by atomic mass is 10.3. The number of esters is 1. The molecular weight excluding hydrogens is 156 g/mol. The Kier molecular flexibility index (Phi) is 14.7. The Morgan fingerprint density at radius 1 is 1.58 bits per heavy atom. The molecule has 0 amide bonds. The van der Waals surface area contributed by atoms with Gasteiger partial charge in [-0.3, -0.25) is 4.79 Å². The molecule has 0 aromatic rings. The normalized spacial score (nSPS) is 7.92. The summed E-state index contributed by atoms with van der Waals surface area (Å²) in [4.78, 5) is 10.5. The first-order valence-electron chi connectivity index (χ1n) is 4.14. The smallest absolute Gasteiger partial charge is 0.310 e. The third kappa shape index (κ3) is 16.1. The molecule has 0 rings (SSSR count). The average molecular weight is 174 g/mol. The Balaban J connectivity index is 0. The van der Waals surface area contributed by atoms with Crippen molar-refractivity contribution < 1.29 is 14.6 Å². The number of unbranched alkanes of at least 4 members (excludes halogenated alkanes) is 1. The predicted octanol–water partition coefficient (Wildman–Crippen LogP) is 1.86. The van der Waals surface area contributed by atoms with Gasteiger partial charge in [0.05, 0.1) is 6.26 Å². The summed E-state index contributed by atoms with van der Waals surface area (Å²) in [6.07, 6.45) is 3.58. The van der Waals surface area contributed by atoms with Gasteiger partial charge in [0.2, 0.25) is 0 Å². The summed E-state index contributed by atoms with van der Waals surface area (Å²) in [5.74, 6) is -0.188. The molecule has 0 saturated heterocycles. The van der Waals surface area contributed by atoms with Crippen molar-refractivity contribution in [3.63, 3.8) is 0 Å². The van der Waals surface area contributed by atoms with Crippen LogP contribution in [-0.2, 0) is 9.53 Å². The molecule has 3 heteroatoms. The molecule has 12 heavy (non-hydrogen) atoms. The van der Waals surface area contributed by atoms with Gasteiger partial charge in [0.25, 0.3) is 0 Å². The minimum atomic E-state index is -0.188. The maximum atomic E-state index is 10.5. The summed E-state index contributed by atoms with van der Waals surface area (Å²) in [5.41, 5.74) is 0. The fraction of sp³-hybridized carbons (Fsp3) is 0.667. The second-order valence-electron chi connectivity index (χ2n) is 2.08. The van der Waals surface area contributed by atoms with Crippen LogP contribution in [0.4, 0.5) is 0 Å². The van der Waals surface area contributed by atoms with Crippen molar-refractivity contribution >= 4 is 5.97 Å². The second kappa shape index (κ2) is 12.8. The Bertz CT molecular complexity index is 110. The first-order chi connectivity index (χ1) is 5.72. The van der Waals surface area contributed by atoms with Crippen LogP contribution in [0.15, 0.2) is 12.8 Å². The molecule has 0 aliphatic carbocycles. The fourth-order valence-corrected chi connectivity index (χ4v) is 0.473. The number of hydrogen-bond acceptors (Lipinski definition) is 3. The van der Waals surface area contributed by atoms with E-state index in [2.05, 4.69) is 11.3 Å². The zero-order chi connectivity index (χ0) is 9.82. The standard InChI is InChI=1S/C7H12O2.C2H6O/c1-3-5-6-7(8)9-4-2;1-2-3/h4H,2-3,5-6H2,1H3;3H,2H2,1H3.